The van der Waals surface area contributed by atoms with Crippen LogP contribution in [0.5, 0.6) is 5.75 Å². The highest BCUT2D eigenvalue weighted by atomic mass is 35.5. The molecule has 1 aliphatic heterocycles. The van der Waals surface area contributed by atoms with E-state index in [2.05, 4.69) is 10.2 Å². The van der Waals surface area contributed by atoms with Gasteiger partial charge >= 0.3 is 0 Å². The van der Waals surface area contributed by atoms with Crippen LogP contribution in [0.4, 0.5) is 0 Å². The first-order valence-electron chi connectivity index (χ1n) is 9.51. The number of aromatic nitrogens is 2. The van der Waals surface area contributed by atoms with Crippen molar-refractivity contribution in [3.8, 4) is 5.75 Å². The fourth-order valence-corrected chi connectivity index (χ4v) is 3.86. The molecule has 6 nitrogen and oxygen atoms in total. The molecule has 2 aromatic rings. The summed E-state index contributed by atoms with van der Waals surface area (Å²) in [6.07, 6.45) is 0.0587. The number of ether oxygens (including phenoxy) is 1. The van der Waals surface area contributed by atoms with E-state index in [1.54, 1.807) is 18.7 Å². The average molecular weight is 406 g/mol. The lowest BCUT2D eigenvalue weighted by atomic mass is 10.00. The van der Waals surface area contributed by atoms with E-state index < -0.39 is 11.7 Å². The largest absolute Gasteiger partial charge is 0.478 e. The minimum Gasteiger partial charge on any atom is -0.478 e. The van der Waals surface area contributed by atoms with E-state index in [0.717, 1.165) is 22.5 Å². The number of H-pyrrole nitrogens is 1. The van der Waals surface area contributed by atoms with Crippen molar-refractivity contribution in [2.24, 2.45) is 5.92 Å². The maximum absolute atomic E-state index is 13.1. The molecule has 0 bridgehead atoms. The molecule has 1 aliphatic rings. The zero-order chi connectivity index (χ0) is 20.6. The number of nitrogens with zero attached hydrogens (tertiary/aromatic N) is 2. The number of hydrogen-bond acceptors (Lipinski definition) is 4. The van der Waals surface area contributed by atoms with Gasteiger partial charge in [-0.3, -0.25) is 9.89 Å². The van der Waals surface area contributed by atoms with Crippen LogP contribution in [-0.4, -0.2) is 50.9 Å². The molecule has 7 heteroatoms. The normalized spacial score (nSPS) is 19.9. The second kappa shape index (κ2) is 7.76. The van der Waals surface area contributed by atoms with E-state index in [1.807, 2.05) is 39.0 Å². The van der Waals surface area contributed by atoms with Crippen LogP contribution in [0.3, 0.4) is 0 Å². The summed E-state index contributed by atoms with van der Waals surface area (Å²) in [6, 6.07) is 5.65. The van der Waals surface area contributed by atoms with Gasteiger partial charge in [0.1, 0.15) is 5.75 Å². The predicted molar refractivity (Wildman–Crippen MR) is 109 cm³/mol. The van der Waals surface area contributed by atoms with Gasteiger partial charge in [-0.2, -0.15) is 5.10 Å². The van der Waals surface area contributed by atoms with Crippen LogP contribution in [0.15, 0.2) is 18.2 Å². The number of aliphatic hydroxyl groups excluding tert-OH is 1. The highest BCUT2D eigenvalue weighted by Crippen LogP contribution is 2.30. The van der Waals surface area contributed by atoms with Crippen LogP contribution >= 0.6 is 11.6 Å². The van der Waals surface area contributed by atoms with Crippen molar-refractivity contribution >= 4 is 17.5 Å². The molecule has 1 saturated heterocycles. The van der Waals surface area contributed by atoms with Crippen LogP contribution < -0.4 is 4.74 Å². The van der Waals surface area contributed by atoms with Gasteiger partial charge < -0.3 is 14.7 Å². The summed E-state index contributed by atoms with van der Waals surface area (Å²) < 4.78 is 6.04. The Morgan fingerprint density at radius 1 is 1.29 bits per heavy atom. The minimum atomic E-state index is -1.05. The lowest BCUT2D eigenvalue weighted by Crippen LogP contribution is -2.48. The van der Waals surface area contributed by atoms with Gasteiger partial charge in [-0.25, -0.2) is 0 Å². The monoisotopic (exact) mass is 405 g/mol. The molecule has 0 aliphatic carbocycles. The number of β-amino-alcohol motifs (C(OH)–C–C–N with tert-alkyl or cyclic N) is 1. The molecule has 28 heavy (non-hydrogen) atoms. The zero-order valence-electron chi connectivity index (χ0n) is 17.0. The minimum absolute atomic E-state index is 0.0394. The van der Waals surface area contributed by atoms with Crippen LogP contribution in [0.25, 0.3) is 0 Å². The number of halogens is 1. The summed E-state index contributed by atoms with van der Waals surface area (Å²) in [5, 5.41) is 18.3. The molecule has 1 aromatic carbocycles. The Morgan fingerprint density at radius 3 is 2.50 bits per heavy atom. The molecule has 0 saturated carbocycles. The Kier molecular flexibility index (Phi) is 5.73. The van der Waals surface area contributed by atoms with Crippen molar-refractivity contribution in [1.82, 2.24) is 15.1 Å². The van der Waals surface area contributed by atoms with Gasteiger partial charge in [0.2, 0.25) is 0 Å². The molecular weight excluding hydrogens is 378 g/mol. The summed E-state index contributed by atoms with van der Waals surface area (Å²) in [7, 11) is 0. The summed E-state index contributed by atoms with van der Waals surface area (Å²) >= 11 is 6.22. The lowest BCUT2D eigenvalue weighted by Gasteiger charge is -2.30. The first-order chi connectivity index (χ1) is 13.1. The van der Waals surface area contributed by atoms with Crippen molar-refractivity contribution in [3.05, 3.63) is 45.7 Å². The predicted octanol–water partition coefficient (Wildman–Crippen LogP) is 3.21. The maximum Gasteiger partial charge on any atom is 0.266 e. The first-order valence-corrected chi connectivity index (χ1v) is 9.88. The molecule has 2 N–H and O–H groups in total. The van der Waals surface area contributed by atoms with Gasteiger partial charge in [0.05, 0.1) is 11.8 Å². The summed E-state index contributed by atoms with van der Waals surface area (Å²) in [6.45, 7) is 10.1. The molecule has 0 unspecified atom stereocenters. The Morgan fingerprint density at radius 2 is 1.93 bits per heavy atom. The van der Waals surface area contributed by atoms with Crippen LogP contribution in [0.2, 0.25) is 5.02 Å². The van der Waals surface area contributed by atoms with Crippen molar-refractivity contribution in [1.29, 1.82) is 0 Å². The van der Waals surface area contributed by atoms with E-state index in [4.69, 9.17) is 16.3 Å². The molecular formula is C21H28ClN3O3. The molecule has 2 heterocycles. The number of nitrogens with one attached hydrogen (secondary N) is 1. The van der Waals surface area contributed by atoms with Gasteiger partial charge in [-0.1, -0.05) is 11.6 Å². The van der Waals surface area contributed by atoms with Gasteiger partial charge in [-0.05, 0) is 70.4 Å². The smallest absolute Gasteiger partial charge is 0.266 e. The number of hydrogen-bond donors (Lipinski definition) is 2. The number of amides is 1. The highest BCUT2D eigenvalue weighted by Gasteiger charge is 2.41. The number of aryl methyl sites for hydroxylation is 3. The van der Waals surface area contributed by atoms with Crippen molar-refractivity contribution < 1.29 is 14.6 Å². The van der Waals surface area contributed by atoms with Crippen molar-refractivity contribution in [3.63, 3.8) is 0 Å². The Bertz CT molecular complexity index is 855. The summed E-state index contributed by atoms with van der Waals surface area (Å²) in [4.78, 5) is 14.8. The van der Waals surface area contributed by atoms with Crippen LogP contribution in [0, 0.1) is 26.7 Å². The SMILES string of the molecule is Cc1cc(C[C@@H]2CN(C(=O)C(C)(C)Oc3cc(C)c(Cl)c(C)c3)C[C@@H]2O)n[nH]1. The Balaban J connectivity index is 1.68. The number of aliphatic hydroxyl groups is 1. The van der Waals surface area contributed by atoms with Crippen molar-refractivity contribution in [2.45, 2.75) is 52.7 Å². The van der Waals surface area contributed by atoms with Crippen LogP contribution in [0.1, 0.15) is 36.4 Å². The van der Waals surface area contributed by atoms with E-state index in [0.29, 0.717) is 30.3 Å². The average Bonchev–Trinajstić information content (AvgIpc) is 3.17. The number of benzene rings is 1. The van der Waals surface area contributed by atoms with Gasteiger partial charge in [0.25, 0.3) is 5.91 Å². The van der Waals surface area contributed by atoms with E-state index in [9.17, 15) is 9.90 Å². The molecule has 0 radical (unpaired) electrons. The topological polar surface area (TPSA) is 78.5 Å². The molecule has 1 aromatic heterocycles. The third kappa shape index (κ3) is 4.33. The summed E-state index contributed by atoms with van der Waals surface area (Å²) in [5.74, 6) is 0.432. The van der Waals surface area contributed by atoms with E-state index >= 15 is 0 Å². The lowest BCUT2D eigenvalue weighted by molar-refractivity contribution is -0.144. The standard InChI is InChI=1S/C21H28ClN3O3/c1-12-6-17(7-13(2)19(12)22)28-21(4,5)20(27)25-10-15(18(26)11-25)9-16-8-14(3)23-24-16/h6-8,15,18,26H,9-11H2,1-5H3,(H,23,24)/t15-,18+/m1/s1. The fraction of sp³-hybridized carbons (Fsp3) is 0.524. The Labute approximate surface area is 170 Å². The van der Waals surface area contributed by atoms with E-state index in [1.165, 1.54) is 0 Å². The van der Waals surface area contributed by atoms with E-state index in [-0.39, 0.29) is 11.8 Å². The molecule has 152 valence electrons. The second-order valence-corrected chi connectivity index (χ2v) is 8.65. The maximum atomic E-state index is 13.1. The molecule has 0 spiro atoms. The number of carbonyl (C=O) groups is 1. The third-order valence-corrected chi connectivity index (χ3v) is 5.82. The zero-order valence-corrected chi connectivity index (χ0v) is 17.8. The number of likely N-dealkylation sites (tertiary alicyclic amines) is 1. The van der Waals surface area contributed by atoms with Gasteiger partial charge in [0, 0.05) is 29.7 Å². The van der Waals surface area contributed by atoms with Crippen LogP contribution in [-0.2, 0) is 11.2 Å². The highest BCUT2D eigenvalue weighted by molar-refractivity contribution is 6.32. The molecule has 1 fully saturated rings. The molecule has 1 amide bonds. The third-order valence-electron chi connectivity index (χ3n) is 5.22. The quantitative estimate of drug-likeness (QED) is 0.800. The molecule has 3 rings (SSSR count). The molecule has 2 atom stereocenters. The number of carbonyl (C=O) groups excluding carboxylic acids is 1. The fourth-order valence-electron chi connectivity index (χ4n) is 3.75. The number of aromatic amines is 1. The Hall–Kier alpha value is -2.05. The second-order valence-electron chi connectivity index (χ2n) is 8.27. The van der Waals surface area contributed by atoms with Gasteiger partial charge in [-0.15, -0.1) is 0 Å². The first kappa shape index (κ1) is 20.7. The summed E-state index contributed by atoms with van der Waals surface area (Å²) in [5.41, 5.74) is 2.65. The number of rotatable bonds is 5. The van der Waals surface area contributed by atoms with Gasteiger partial charge in [0.15, 0.2) is 5.60 Å². The van der Waals surface area contributed by atoms with Crippen molar-refractivity contribution in [2.75, 3.05) is 13.1 Å².